The smallest absolute Gasteiger partial charge is 0.726 e. The molecule has 58 heavy (non-hydrogen) atoms. The van der Waals surface area contributed by atoms with Crippen molar-refractivity contribution in [3.8, 4) is 0 Å². The quantitative estimate of drug-likeness (QED) is 0.0207. The van der Waals surface area contributed by atoms with E-state index in [9.17, 15) is 46.8 Å². The summed E-state index contributed by atoms with van der Waals surface area (Å²) in [5.74, 6) is -4.91. The van der Waals surface area contributed by atoms with Crippen molar-refractivity contribution in [2.75, 3.05) is 13.2 Å². The normalized spacial score (nSPS) is 20.8. The number of carbonyl (C=O) groups excluding carboxylic acids is 5. The van der Waals surface area contributed by atoms with Gasteiger partial charge in [-0.2, -0.15) is 0 Å². The van der Waals surface area contributed by atoms with Gasteiger partial charge in [-0.05, 0) is 33.1 Å². The molecule has 330 valence electrons. The molecular weight excluding hydrogens is 810 g/mol. The van der Waals surface area contributed by atoms with Crippen molar-refractivity contribution in [2.24, 2.45) is 5.73 Å². The van der Waals surface area contributed by atoms with Crippen LogP contribution in [0.25, 0.3) is 0 Å². The van der Waals surface area contributed by atoms with E-state index in [0.29, 0.717) is 12.8 Å². The van der Waals surface area contributed by atoms with Gasteiger partial charge in [-0.3, -0.25) is 33.0 Å². The van der Waals surface area contributed by atoms with Crippen molar-refractivity contribution in [2.45, 2.75) is 186 Å². The van der Waals surface area contributed by atoms with Crippen LogP contribution < -0.4 is 73.1 Å². The number of aliphatic hydroxyl groups excluding tert-OH is 1. The maximum absolute atomic E-state index is 14.0. The Morgan fingerprint density at radius 3 is 1.95 bits per heavy atom. The van der Waals surface area contributed by atoms with E-state index in [0.717, 1.165) is 70.6 Å². The molecule has 7 N–H and O–H groups in total. The molecule has 0 aliphatic carbocycles. The third-order valence-electron chi connectivity index (χ3n) is 9.61. The predicted molar refractivity (Wildman–Crippen MR) is 206 cm³/mol. The number of carbonyl (C=O) groups is 6. The van der Waals surface area contributed by atoms with Crippen molar-refractivity contribution in [1.82, 2.24) is 20.9 Å². The topological polar surface area (TPSA) is 293 Å². The van der Waals surface area contributed by atoms with Crippen molar-refractivity contribution in [3.05, 3.63) is 0 Å². The molecule has 1 aliphatic heterocycles. The number of nitrogens with two attached hydrogens (primary N) is 1. The van der Waals surface area contributed by atoms with E-state index in [4.69, 9.17) is 20.3 Å². The molecule has 0 spiro atoms. The zero-order valence-electron chi connectivity index (χ0n) is 35.1. The molecule has 0 aromatic heterocycles. The van der Waals surface area contributed by atoms with Crippen LogP contribution in [0.1, 0.15) is 137 Å². The van der Waals surface area contributed by atoms with E-state index in [-0.39, 0.29) is 83.1 Å². The van der Waals surface area contributed by atoms with E-state index in [1.54, 1.807) is 0 Å². The molecule has 21 heteroatoms. The van der Waals surface area contributed by atoms with E-state index in [1.807, 2.05) is 0 Å². The summed E-state index contributed by atoms with van der Waals surface area (Å²) in [6.45, 7) is 7.06. The average Bonchev–Trinajstić information content (AvgIpc) is 3.13. The van der Waals surface area contributed by atoms with E-state index >= 15 is 0 Å². The van der Waals surface area contributed by atoms with Gasteiger partial charge in [0.15, 0.2) is 6.23 Å². The molecule has 1 rings (SSSR count). The molecule has 8 atom stereocenters. The van der Waals surface area contributed by atoms with Crippen LogP contribution in [0.4, 0.5) is 0 Å². The number of nitrogens with one attached hydrogen (secondary N) is 3. The largest absolute Gasteiger partial charge is 1.00 e. The van der Waals surface area contributed by atoms with Crippen LogP contribution in [-0.2, 0) is 52.8 Å². The Morgan fingerprint density at radius 2 is 1.43 bits per heavy atom. The third-order valence-corrected chi connectivity index (χ3v) is 10.0. The molecule has 1 heterocycles. The molecule has 1 saturated heterocycles. The van der Waals surface area contributed by atoms with Crippen molar-refractivity contribution in [1.29, 1.82) is 0 Å². The Kier molecular flexibility index (Phi) is 29.3. The minimum Gasteiger partial charge on any atom is -0.726 e. The van der Waals surface area contributed by atoms with Crippen LogP contribution >= 0.6 is 0 Å². The van der Waals surface area contributed by atoms with Crippen LogP contribution in [0, 0.1) is 0 Å². The van der Waals surface area contributed by atoms with Gasteiger partial charge in [-0.15, -0.1) is 0 Å². The summed E-state index contributed by atoms with van der Waals surface area (Å²) >= 11 is 0. The van der Waals surface area contributed by atoms with Gasteiger partial charge in [-0.1, -0.05) is 84.5 Å². The molecule has 0 saturated carbocycles. The summed E-state index contributed by atoms with van der Waals surface area (Å²) in [7, 11) is -5.28. The number of aliphatic hydroxyl groups is 1. The van der Waals surface area contributed by atoms with Gasteiger partial charge in [0.1, 0.15) is 42.5 Å². The number of carboxylic acid groups (broad SMARTS) is 1. The first-order valence-corrected chi connectivity index (χ1v) is 21.4. The molecule has 4 unspecified atom stereocenters. The Morgan fingerprint density at radius 1 is 0.879 bits per heavy atom. The third kappa shape index (κ3) is 22.7. The fraction of sp³-hybridized carbons (Fsp3) is 0.838. The molecule has 5 amide bonds. The summed E-state index contributed by atoms with van der Waals surface area (Å²) in [6.07, 6.45) is 3.50. The first kappa shape index (κ1) is 56.2. The number of ether oxygens (including phenoxy) is 2. The standard InChI is InChI=1S/C37H67N5O14S.K/c1-6-8-10-12-14-15-17-19-30(45)42(22-18-16-13-11-9-7-2)36-31(40-26(5)43)33(32(46)28(56-36)23-54-57(51,52)53)55-25(4)35(48)41-27(34(38)47)20-21-29(44)39-24(3)37(49)50;/h24-25,27-28,31-33,36,46H,6-23H2,1-5H3,(H2,38,47)(H,39,44)(H,40,43)(H,41,48)(H,49,50)(H,51,52,53);/q;+1/p-1/t24?,25?,27?,28-,31-,32-,33-,36?;/m1./s1. The molecular formula is C37H66KN5O14S. The number of amides is 5. The second kappa shape index (κ2) is 30.3. The van der Waals surface area contributed by atoms with Crippen LogP contribution in [0.3, 0.4) is 0 Å². The first-order chi connectivity index (χ1) is 26.8. The van der Waals surface area contributed by atoms with Crippen LogP contribution in [-0.4, -0.2) is 126 Å². The Labute approximate surface area is 385 Å². The summed E-state index contributed by atoms with van der Waals surface area (Å²) in [5.41, 5.74) is 5.46. The molecule has 19 nitrogen and oxygen atoms in total. The molecule has 0 bridgehead atoms. The van der Waals surface area contributed by atoms with Gasteiger partial charge >= 0.3 is 57.4 Å². The molecule has 0 radical (unpaired) electrons. The number of hydrogen-bond donors (Lipinski definition) is 6. The number of carboxylic acids is 1. The summed E-state index contributed by atoms with van der Waals surface area (Å²) < 4.78 is 51.0. The second-order valence-electron chi connectivity index (χ2n) is 14.6. The maximum Gasteiger partial charge on any atom is 1.00 e. The fourth-order valence-corrected chi connectivity index (χ4v) is 6.70. The van der Waals surface area contributed by atoms with Crippen molar-refractivity contribution >= 4 is 45.9 Å². The number of rotatable bonds is 30. The minimum atomic E-state index is -5.28. The predicted octanol–water partition coefficient (Wildman–Crippen LogP) is -1.50. The van der Waals surface area contributed by atoms with Crippen LogP contribution in [0.2, 0.25) is 0 Å². The van der Waals surface area contributed by atoms with Crippen molar-refractivity contribution < 1.29 is 117 Å². The first-order valence-electron chi connectivity index (χ1n) is 20.1. The Bertz CT molecular complexity index is 1390. The molecule has 1 aliphatic rings. The zero-order chi connectivity index (χ0) is 43.1. The van der Waals surface area contributed by atoms with Crippen LogP contribution in [0.5, 0.6) is 0 Å². The molecule has 1 fully saturated rings. The maximum atomic E-state index is 14.0. The van der Waals surface area contributed by atoms with Crippen molar-refractivity contribution in [3.63, 3.8) is 0 Å². The fourth-order valence-electron chi connectivity index (χ4n) is 6.40. The van der Waals surface area contributed by atoms with E-state index in [2.05, 4.69) is 34.0 Å². The second-order valence-corrected chi connectivity index (χ2v) is 15.6. The minimum absolute atomic E-state index is 0. The molecule has 0 aromatic rings. The monoisotopic (exact) mass is 875 g/mol. The number of nitrogens with zero attached hydrogens (tertiary/aromatic N) is 1. The van der Waals surface area contributed by atoms with E-state index in [1.165, 1.54) is 25.7 Å². The number of unbranched alkanes of at least 4 members (excludes halogenated alkanes) is 11. The Balaban J connectivity index is 0.0000325. The number of aliphatic carboxylic acids is 1. The van der Waals surface area contributed by atoms with Gasteiger partial charge in [0.25, 0.3) is 0 Å². The summed E-state index contributed by atoms with van der Waals surface area (Å²) in [4.78, 5) is 76.9. The number of primary amides is 1. The summed E-state index contributed by atoms with van der Waals surface area (Å²) in [6, 6.07) is -3.95. The van der Waals surface area contributed by atoms with Gasteiger partial charge < -0.3 is 50.8 Å². The number of hydrogen-bond acceptors (Lipinski definition) is 13. The van der Waals surface area contributed by atoms with Gasteiger partial charge in [-0.25, -0.2) is 8.42 Å². The average molecular weight is 876 g/mol. The van der Waals surface area contributed by atoms with Gasteiger partial charge in [0.05, 0.1) is 6.61 Å². The van der Waals surface area contributed by atoms with E-state index < -0.39 is 95.4 Å². The zero-order valence-corrected chi connectivity index (χ0v) is 39.0. The van der Waals surface area contributed by atoms with Gasteiger partial charge in [0.2, 0.25) is 39.9 Å². The van der Waals surface area contributed by atoms with Crippen LogP contribution in [0.15, 0.2) is 0 Å². The Hall–Kier alpha value is -1.79. The molecule has 0 aromatic carbocycles. The SMILES string of the molecule is CCCCCCCCCC(=O)N(CCCCCCCC)C1O[C@H](COS(=O)(=O)[O-])[C@@H](O)[C@H](OC(C)C(=O)NC(CCC(=O)NC(C)C(=O)O)C(N)=O)[C@H]1NC(C)=O.[K+]. The van der Waals surface area contributed by atoms with Gasteiger partial charge in [0, 0.05) is 26.3 Å². The summed E-state index contributed by atoms with van der Waals surface area (Å²) in [5, 5.41) is 27.8.